The highest BCUT2D eigenvalue weighted by Crippen LogP contribution is 2.28. The summed E-state index contributed by atoms with van der Waals surface area (Å²) in [6.07, 6.45) is 0. The fraction of sp³-hybridized carbons (Fsp3) is 0.125. The summed E-state index contributed by atoms with van der Waals surface area (Å²) in [6.45, 7) is 3.13. The van der Waals surface area contributed by atoms with Gasteiger partial charge in [0.25, 0.3) is 0 Å². The number of aryl methyl sites for hydroxylation is 1. The topological polar surface area (TPSA) is 78.5 Å². The normalized spacial score (nSPS) is 11.0. The van der Waals surface area contributed by atoms with Gasteiger partial charge in [0.2, 0.25) is 11.5 Å². The van der Waals surface area contributed by atoms with Crippen LogP contribution in [0.5, 0.6) is 0 Å². The van der Waals surface area contributed by atoms with E-state index >= 15 is 0 Å². The highest BCUT2D eigenvalue weighted by molar-refractivity contribution is 6.42. The van der Waals surface area contributed by atoms with Crippen LogP contribution in [0.2, 0.25) is 10.0 Å². The van der Waals surface area contributed by atoms with Crippen molar-refractivity contribution < 1.29 is 18.7 Å². The summed E-state index contributed by atoms with van der Waals surface area (Å²) >= 11 is 12.1. The van der Waals surface area contributed by atoms with E-state index in [0.717, 1.165) is 17.4 Å². The number of rotatable bonds is 5. The lowest BCUT2D eigenvalue weighted by molar-refractivity contribution is 0.0444. The number of fused-ring (bicyclic) bond motifs is 1. The summed E-state index contributed by atoms with van der Waals surface area (Å²) < 4.78 is 12.4. The largest absolute Gasteiger partial charge is 0.451 e. The SMILES string of the molecule is Cc1cc(C(=O)COC(=O)c2cc(=O)c3ccccc3o2)c(C)n1-c1ccc(Cl)c(Cl)c1. The predicted molar refractivity (Wildman–Crippen MR) is 122 cm³/mol. The van der Waals surface area contributed by atoms with Gasteiger partial charge < -0.3 is 13.7 Å². The van der Waals surface area contributed by atoms with Gasteiger partial charge in [-0.25, -0.2) is 4.79 Å². The third kappa shape index (κ3) is 4.07. The Morgan fingerprint density at radius 3 is 2.50 bits per heavy atom. The minimum atomic E-state index is -0.889. The maximum absolute atomic E-state index is 12.8. The molecule has 162 valence electrons. The lowest BCUT2D eigenvalue weighted by Crippen LogP contribution is -2.16. The molecule has 4 rings (SSSR count). The number of halogens is 2. The molecule has 0 aliphatic carbocycles. The number of hydrogen-bond acceptors (Lipinski definition) is 5. The summed E-state index contributed by atoms with van der Waals surface area (Å²) in [6, 6.07) is 14.5. The van der Waals surface area contributed by atoms with Crippen molar-refractivity contribution in [2.24, 2.45) is 0 Å². The second kappa shape index (κ2) is 8.65. The maximum Gasteiger partial charge on any atom is 0.374 e. The smallest absolute Gasteiger partial charge is 0.374 e. The summed E-state index contributed by atoms with van der Waals surface area (Å²) in [4.78, 5) is 37.3. The lowest BCUT2D eigenvalue weighted by atomic mass is 10.1. The summed E-state index contributed by atoms with van der Waals surface area (Å²) in [5.41, 5.74) is 2.53. The van der Waals surface area contributed by atoms with E-state index in [1.807, 2.05) is 11.5 Å². The number of para-hydroxylation sites is 1. The number of carbonyl (C=O) groups excluding carboxylic acids is 2. The lowest BCUT2D eigenvalue weighted by Gasteiger charge is -2.11. The molecule has 0 saturated heterocycles. The molecule has 0 bridgehead atoms. The van der Waals surface area contributed by atoms with Gasteiger partial charge in [-0.2, -0.15) is 0 Å². The average molecular weight is 470 g/mol. The molecule has 2 heterocycles. The molecular weight excluding hydrogens is 453 g/mol. The molecule has 2 aromatic carbocycles. The maximum atomic E-state index is 12.8. The molecule has 2 aromatic heterocycles. The minimum Gasteiger partial charge on any atom is -0.451 e. The summed E-state index contributed by atoms with van der Waals surface area (Å²) in [5.74, 6) is -1.54. The molecule has 0 spiro atoms. The van der Waals surface area contributed by atoms with Crippen LogP contribution in [-0.2, 0) is 4.74 Å². The van der Waals surface area contributed by atoms with Crippen molar-refractivity contribution in [2.45, 2.75) is 13.8 Å². The molecule has 0 aliphatic rings. The molecule has 0 radical (unpaired) electrons. The third-order valence-corrected chi connectivity index (χ3v) is 5.80. The number of esters is 1. The van der Waals surface area contributed by atoms with E-state index in [0.29, 0.717) is 26.7 Å². The Morgan fingerprint density at radius 1 is 1.00 bits per heavy atom. The highest BCUT2D eigenvalue weighted by Gasteiger charge is 2.20. The Balaban J connectivity index is 1.54. The molecular formula is C24H17Cl2NO5. The number of hydrogen-bond donors (Lipinski definition) is 0. The summed E-state index contributed by atoms with van der Waals surface area (Å²) in [5, 5.41) is 1.19. The van der Waals surface area contributed by atoms with Crippen molar-refractivity contribution in [2.75, 3.05) is 6.61 Å². The zero-order valence-electron chi connectivity index (χ0n) is 17.1. The number of ketones is 1. The van der Waals surface area contributed by atoms with Gasteiger partial charge >= 0.3 is 5.97 Å². The first-order chi connectivity index (χ1) is 15.3. The van der Waals surface area contributed by atoms with Crippen molar-refractivity contribution in [1.82, 2.24) is 4.57 Å². The van der Waals surface area contributed by atoms with Crippen LogP contribution in [0.1, 0.15) is 32.3 Å². The molecule has 0 atom stereocenters. The Labute approximate surface area is 192 Å². The van der Waals surface area contributed by atoms with E-state index in [4.69, 9.17) is 32.4 Å². The molecule has 0 fully saturated rings. The number of aromatic nitrogens is 1. The highest BCUT2D eigenvalue weighted by atomic mass is 35.5. The van der Waals surface area contributed by atoms with Gasteiger partial charge in [-0.3, -0.25) is 9.59 Å². The van der Waals surface area contributed by atoms with E-state index in [9.17, 15) is 14.4 Å². The van der Waals surface area contributed by atoms with Gasteiger partial charge in [0.15, 0.2) is 12.0 Å². The first kappa shape index (κ1) is 21.9. The molecule has 0 aliphatic heterocycles. The van der Waals surface area contributed by atoms with Gasteiger partial charge in [-0.15, -0.1) is 0 Å². The molecule has 0 N–H and O–H groups in total. The Bertz CT molecular complexity index is 1430. The second-order valence-electron chi connectivity index (χ2n) is 7.19. The second-order valence-corrected chi connectivity index (χ2v) is 8.00. The molecule has 0 saturated carbocycles. The van der Waals surface area contributed by atoms with Crippen LogP contribution < -0.4 is 5.43 Å². The number of nitrogens with zero attached hydrogens (tertiary/aromatic N) is 1. The van der Waals surface area contributed by atoms with Gasteiger partial charge in [0, 0.05) is 28.7 Å². The van der Waals surface area contributed by atoms with Crippen molar-refractivity contribution in [1.29, 1.82) is 0 Å². The molecule has 32 heavy (non-hydrogen) atoms. The van der Waals surface area contributed by atoms with Crippen LogP contribution in [-0.4, -0.2) is 22.9 Å². The average Bonchev–Trinajstić information content (AvgIpc) is 3.07. The van der Waals surface area contributed by atoms with Gasteiger partial charge in [-0.05, 0) is 50.2 Å². The van der Waals surface area contributed by atoms with Crippen molar-refractivity contribution in [3.8, 4) is 5.69 Å². The molecule has 0 unspecified atom stereocenters. The number of carbonyl (C=O) groups is 2. The fourth-order valence-electron chi connectivity index (χ4n) is 3.55. The van der Waals surface area contributed by atoms with E-state index in [-0.39, 0.29) is 22.6 Å². The monoisotopic (exact) mass is 469 g/mol. The standard InChI is InChI=1S/C24H17Cl2NO5/c1-13-9-17(14(2)27(13)15-7-8-18(25)19(26)10-15)21(29)12-31-24(30)23-11-20(28)16-5-3-4-6-22(16)32-23/h3-11H,12H2,1-2H3. The number of Topliss-reactive ketones (excluding diaryl/α,β-unsaturated/α-hetero) is 1. The van der Waals surface area contributed by atoms with Crippen LogP contribution in [0.3, 0.4) is 0 Å². The number of benzene rings is 2. The van der Waals surface area contributed by atoms with Gasteiger partial charge in [0.1, 0.15) is 5.58 Å². The number of ether oxygens (including phenoxy) is 1. The van der Waals surface area contributed by atoms with Crippen LogP contribution in [0.15, 0.2) is 63.8 Å². The zero-order valence-corrected chi connectivity index (χ0v) is 18.7. The zero-order chi connectivity index (χ0) is 23.0. The van der Waals surface area contributed by atoms with Crippen LogP contribution >= 0.6 is 23.2 Å². The molecule has 8 heteroatoms. The summed E-state index contributed by atoms with van der Waals surface area (Å²) in [7, 11) is 0. The van der Waals surface area contributed by atoms with E-state index in [2.05, 4.69) is 0 Å². The van der Waals surface area contributed by atoms with Crippen molar-refractivity contribution in [3.63, 3.8) is 0 Å². The fourth-order valence-corrected chi connectivity index (χ4v) is 3.84. The van der Waals surface area contributed by atoms with Crippen LogP contribution in [0, 0.1) is 13.8 Å². The Morgan fingerprint density at radius 2 is 1.75 bits per heavy atom. The van der Waals surface area contributed by atoms with E-state index in [1.54, 1.807) is 55.5 Å². The van der Waals surface area contributed by atoms with Crippen molar-refractivity contribution >= 4 is 45.9 Å². The first-order valence-electron chi connectivity index (χ1n) is 9.64. The van der Waals surface area contributed by atoms with Gasteiger partial charge in [0.05, 0.1) is 15.4 Å². The molecule has 6 nitrogen and oxygen atoms in total. The van der Waals surface area contributed by atoms with Crippen LogP contribution in [0.25, 0.3) is 16.7 Å². The Kier molecular flexibility index (Phi) is 5.91. The van der Waals surface area contributed by atoms with E-state index < -0.39 is 12.6 Å². The van der Waals surface area contributed by atoms with Crippen LogP contribution in [0.4, 0.5) is 0 Å². The van der Waals surface area contributed by atoms with Gasteiger partial charge in [-0.1, -0.05) is 35.3 Å². The van der Waals surface area contributed by atoms with E-state index in [1.165, 1.54) is 0 Å². The molecule has 0 amide bonds. The quantitative estimate of drug-likeness (QED) is 0.283. The first-order valence-corrected chi connectivity index (χ1v) is 10.4. The molecule has 4 aromatic rings. The third-order valence-electron chi connectivity index (χ3n) is 5.06. The Hall–Kier alpha value is -3.35. The predicted octanol–water partition coefficient (Wildman–Crippen LogP) is 5.55. The minimum absolute atomic E-state index is 0.261. The van der Waals surface area contributed by atoms with Crippen molar-refractivity contribution in [3.05, 3.63) is 97.6 Å².